The Morgan fingerprint density at radius 3 is 2.47 bits per heavy atom. The summed E-state index contributed by atoms with van der Waals surface area (Å²) in [6, 6.07) is 17.2. The van der Waals surface area contributed by atoms with E-state index in [9.17, 15) is 4.79 Å². The lowest BCUT2D eigenvalue weighted by molar-refractivity contribution is -0.120. The predicted molar refractivity (Wildman–Crippen MR) is 123 cm³/mol. The lowest BCUT2D eigenvalue weighted by Crippen LogP contribution is -2.25. The third kappa shape index (κ3) is 5.06. The summed E-state index contributed by atoms with van der Waals surface area (Å²) in [6.45, 7) is 6.17. The maximum atomic E-state index is 12.7. The minimum absolute atomic E-state index is 0.157. The molecule has 4 aromatic rings. The summed E-state index contributed by atoms with van der Waals surface area (Å²) in [5.74, 6) is 0.826. The molecule has 0 saturated heterocycles. The second-order valence-electron chi connectivity index (χ2n) is 8.51. The number of nitrogens with one attached hydrogen (secondary N) is 1. The zero-order valence-electron chi connectivity index (χ0n) is 18.2. The molecule has 2 aromatic carbocycles. The number of hydrogen-bond donors (Lipinski definition) is 1. The molecule has 4 rings (SSSR count). The molecule has 0 spiro atoms. The Labute approximate surface area is 191 Å². The lowest BCUT2D eigenvalue weighted by Gasteiger charge is -2.10. The average Bonchev–Trinajstić information content (AvgIpc) is 3.41. The van der Waals surface area contributed by atoms with E-state index >= 15 is 0 Å². The molecule has 2 aromatic heterocycles. The SMILES string of the molecule is CC(C)(C)c1nc(CNC(=O)Cc2cn(-c3ccccc3)nc2-c2ccc(Cl)cc2)no1. The number of para-hydroxylation sites is 1. The Morgan fingerprint density at radius 2 is 1.81 bits per heavy atom. The molecule has 2 heterocycles. The van der Waals surface area contributed by atoms with Crippen LogP contribution < -0.4 is 5.32 Å². The van der Waals surface area contributed by atoms with Crippen molar-refractivity contribution in [3.05, 3.63) is 83.1 Å². The van der Waals surface area contributed by atoms with Crippen LogP contribution in [-0.4, -0.2) is 25.8 Å². The molecule has 0 atom stereocenters. The molecule has 0 bridgehead atoms. The van der Waals surface area contributed by atoms with Gasteiger partial charge in [0.2, 0.25) is 11.8 Å². The van der Waals surface area contributed by atoms with E-state index < -0.39 is 0 Å². The zero-order valence-corrected chi connectivity index (χ0v) is 18.9. The highest BCUT2D eigenvalue weighted by Crippen LogP contribution is 2.26. The van der Waals surface area contributed by atoms with Gasteiger partial charge in [-0.05, 0) is 24.3 Å². The zero-order chi connectivity index (χ0) is 22.7. The molecule has 1 amide bonds. The minimum atomic E-state index is -0.241. The molecular weight excluding hydrogens is 426 g/mol. The van der Waals surface area contributed by atoms with Gasteiger partial charge in [0.25, 0.3) is 0 Å². The number of rotatable bonds is 6. The van der Waals surface area contributed by atoms with Crippen LogP contribution in [0.25, 0.3) is 16.9 Å². The van der Waals surface area contributed by atoms with Gasteiger partial charge in [-0.1, -0.05) is 67.9 Å². The summed E-state index contributed by atoms with van der Waals surface area (Å²) in [5.41, 5.74) is 3.09. The first-order valence-electron chi connectivity index (χ1n) is 10.3. The molecule has 0 aliphatic carbocycles. The first-order valence-corrected chi connectivity index (χ1v) is 10.7. The molecule has 0 saturated carbocycles. The Hall–Kier alpha value is -3.45. The van der Waals surface area contributed by atoms with Crippen molar-refractivity contribution in [3.8, 4) is 16.9 Å². The largest absolute Gasteiger partial charge is 0.348 e. The first-order chi connectivity index (χ1) is 15.3. The molecule has 32 heavy (non-hydrogen) atoms. The number of halogens is 1. The summed E-state index contributed by atoms with van der Waals surface area (Å²) in [4.78, 5) is 17.1. The second-order valence-corrected chi connectivity index (χ2v) is 8.95. The van der Waals surface area contributed by atoms with Crippen molar-refractivity contribution < 1.29 is 9.32 Å². The van der Waals surface area contributed by atoms with Crippen molar-refractivity contribution in [2.45, 2.75) is 39.2 Å². The molecule has 7 nitrogen and oxygen atoms in total. The van der Waals surface area contributed by atoms with E-state index in [1.165, 1.54) is 0 Å². The normalized spacial score (nSPS) is 11.5. The molecule has 8 heteroatoms. The van der Waals surface area contributed by atoms with Gasteiger partial charge in [-0.3, -0.25) is 4.79 Å². The summed E-state index contributed by atoms with van der Waals surface area (Å²) < 4.78 is 7.06. The predicted octanol–water partition coefficient (Wildman–Crippen LogP) is 4.73. The summed E-state index contributed by atoms with van der Waals surface area (Å²) in [7, 11) is 0. The Kier molecular flexibility index (Phi) is 6.10. The van der Waals surface area contributed by atoms with Crippen molar-refractivity contribution in [2.24, 2.45) is 0 Å². The average molecular weight is 450 g/mol. The van der Waals surface area contributed by atoms with Gasteiger partial charge in [0.1, 0.15) is 0 Å². The highest BCUT2D eigenvalue weighted by atomic mass is 35.5. The van der Waals surface area contributed by atoms with Gasteiger partial charge in [-0.2, -0.15) is 10.1 Å². The highest BCUT2D eigenvalue weighted by Gasteiger charge is 2.22. The van der Waals surface area contributed by atoms with Gasteiger partial charge in [0.05, 0.1) is 24.3 Å². The molecule has 0 aliphatic heterocycles. The standard InChI is InChI=1S/C24H24ClN5O2/c1-24(2,3)23-27-20(29-32-23)14-26-21(31)13-17-15-30(19-7-5-4-6-8-19)28-22(17)16-9-11-18(25)12-10-16/h4-12,15H,13-14H2,1-3H3,(H,26,31). The first kappa shape index (κ1) is 21.8. The van der Waals surface area contributed by atoms with E-state index in [4.69, 9.17) is 21.2 Å². The van der Waals surface area contributed by atoms with Crippen molar-refractivity contribution >= 4 is 17.5 Å². The van der Waals surface area contributed by atoms with Gasteiger partial charge < -0.3 is 9.84 Å². The van der Waals surface area contributed by atoms with Crippen LogP contribution in [0.2, 0.25) is 5.02 Å². The molecule has 164 valence electrons. The number of amides is 1. The third-order valence-electron chi connectivity index (χ3n) is 4.83. The quantitative estimate of drug-likeness (QED) is 0.459. The Balaban J connectivity index is 1.53. The van der Waals surface area contributed by atoms with Gasteiger partial charge in [-0.15, -0.1) is 0 Å². The van der Waals surface area contributed by atoms with Gasteiger partial charge in [-0.25, -0.2) is 4.68 Å². The van der Waals surface area contributed by atoms with Crippen LogP contribution in [0, 0.1) is 0 Å². The number of carbonyl (C=O) groups is 1. The fraction of sp³-hybridized carbons (Fsp3) is 0.250. The van der Waals surface area contributed by atoms with E-state index in [0.29, 0.717) is 16.7 Å². The van der Waals surface area contributed by atoms with Crippen LogP contribution in [0.15, 0.2) is 65.3 Å². The van der Waals surface area contributed by atoms with Crippen LogP contribution in [0.1, 0.15) is 38.0 Å². The van der Waals surface area contributed by atoms with E-state index in [0.717, 1.165) is 22.5 Å². The molecular formula is C24H24ClN5O2. The Morgan fingerprint density at radius 1 is 1.09 bits per heavy atom. The van der Waals surface area contributed by atoms with Crippen molar-refractivity contribution in [1.29, 1.82) is 0 Å². The topological polar surface area (TPSA) is 85.8 Å². The van der Waals surface area contributed by atoms with Crippen LogP contribution in [0.4, 0.5) is 0 Å². The number of carbonyl (C=O) groups excluding carboxylic acids is 1. The van der Waals surface area contributed by atoms with Gasteiger partial charge in [0, 0.05) is 27.8 Å². The van der Waals surface area contributed by atoms with Crippen molar-refractivity contribution in [3.63, 3.8) is 0 Å². The van der Waals surface area contributed by atoms with Gasteiger partial charge >= 0.3 is 0 Å². The Bertz CT molecular complexity index is 1210. The highest BCUT2D eigenvalue weighted by molar-refractivity contribution is 6.30. The van der Waals surface area contributed by atoms with Gasteiger partial charge in [0.15, 0.2) is 5.82 Å². The third-order valence-corrected chi connectivity index (χ3v) is 5.08. The van der Waals surface area contributed by atoms with Crippen molar-refractivity contribution in [2.75, 3.05) is 0 Å². The van der Waals surface area contributed by atoms with E-state index in [-0.39, 0.29) is 24.3 Å². The number of nitrogens with zero attached hydrogens (tertiary/aromatic N) is 4. The lowest BCUT2D eigenvalue weighted by atomic mass is 9.97. The molecule has 0 fully saturated rings. The molecule has 1 N–H and O–H groups in total. The van der Waals surface area contributed by atoms with Crippen LogP contribution in [0.5, 0.6) is 0 Å². The number of aromatic nitrogens is 4. The van der Waals surface area contributed by atoms with E-state index in [1.807, 2.05) is 81.6 Å². The summed E-state index contributed by atoms with van der Waals surface area (Å²) in [5, 5.41) is 12.2. The number of hydrogen-bond acceptors (Lipinski definition) is 5. The van der Waals surface area contributed by atoms with Crippen molar-refractivity contribution in [1.82, 2.24) is 25.2 Å². The second kappa shape index (κ2) is 8.96. The minimum Gasteiger partial charge on any atom is -0.348 e. The number of benzene rings is 2. The fourth-order valence-corrected chi connectivity index (χ4v) is 3.27. The van der Waals surface area contributed by atoms with E-state index in [2.05, 4.69) is 15.5 Å². The maximum Gasteiger partial charge on any atom is 0.232 e. The van der Waals surface area contributed by atoms with Crippen LogP contribution >= 0.6 is 11.6 Å². The molecule has 0 unspecified atom stereocenters. The molecule has 0 aliphatic rings. The monoisotopic (exact) mass is 449 g/mol. The maximum absolute atomic E-state index is 12.7. The smallest absolute Gasteiger partial charge is 0.232 e. The fourth-order valence-electron chi connectivity index (χ4n) is 3.15. The summed E-state index contributed by atoms with van der Waals surface area (Å²) in [6.07, 6.45) is 2.04. The van der Waals surface area contributed by atoms with E-state index in [1.54, 1.807) is 4.68 Å². The summed E-state index contributed by atoms with van der Waals surface area (Å²) >= 11 is 6.04. The molecule has 0 radical (unpaired) electrons. The van der Waals surface area contributed by atoms with Crippen LogP contribution in [-0.2, 0) is 23.2 Å². The van der Waals surface area contributed by atoms with Crippen LogP contribution in [0.3, 0.4) is 0 Å².